The van der Waals surface area contributed by atoms with Crippen molar-refractivity contribution in [2.24, 2.45) is 5.73 Å². The number of hydrogen-bond acceptors (Lipinski definition) is 3. The lowest BCUT2D eigenvalue weighted by Gasteiger charge is -2.13. The average Bonchev–Trinajstić information content (AvgIpc) is 2.29. The summed E-state index contributed by atoms with van der Waals surface area (Å²) < 4.78 is 5.63. The summed E-state index contributed by atoms with van der Waals surface area (Å²) in [5, 5.41) is 0. The van der Waals surface area contributed by atoms with E-state index in [1.807, 2.05) is 19.1 Å². The van der Waals surface area contributed by atoms with Crippen LogP contribution in [0.15, 0.2) is 18.3 Å². The molecule has 0 aromatic carbocycles. The molecular formula is C12H20N2O. The number of aromatic nitrogens is 1. The Balaban J connectivity index is 2.64. The molecule has 15 heavy (non-hydrogen) atoms. The summed E-state index contributed by atoms with van der Waals surface area (Å²) in [6.45, 7) is 6.20. The van der Waals surface area contributed by atoms with E-state index in [1.54, 1.807) is 6.20 Å². The fourth-order valence-corrected chi connectivity index (χ4v) is 1.21. The number of pyridine rings is 1. The second kappa shape index (κ2) is 5.71. The maximum absolute atomic E-state index is 5.87. The van der Waals surface area contributed by atoms with Crippen LogP contribution in [0, 0.1) is 0 Å². The molecule has 0 radical (unpaired) electrons. The minimum atomic E-state index is 0.0302. The lowest BCUT2D eigenvalue weighted by atomic mass is 10.1. The molecule has 0 bridgehead atoms. The zero-order valence-corrected chi connectivity index (χ0v) is 9.73. The van der Waals surface area contributed by atoms with Crippen LogP contribution in [0.4, 0.5) is 0 Å². The molecule has 1 heterocycles. The molecule has 1 rings (SSSR count). The van der Waals surface area contributed by atoms with Crippen molar-refractivity contribution in [1.29, 1.82) is 0 Å². The van der Waals surface area contributed by atoms with Gasteiger partial charge in [0.1, 0.15) is 5.75 Å². The van der Waals surface area contributed by atoms with Gasteiger partial charge in [-0.25, -0.2) is 0 Å². The fourth-order valence-electron chi connectivity index (χ4n) is 1.21. The van der Waals surface area contributed by atoms with E-state index < -0.39 is 0 Å². The van der Waals surface area contributed by atoms with Crippen LogP contribution in [0.3, 0.4) is 0 Å². The van der Waals surface area contributed by atoms with Crippen LogP contribution in [0.2, 0.25) is 0 Å². The van der Waals surface area contributed by atoms with Crippen molar-refractivity contribution in [3.05, 3.63) is 24.0 Å². The highest BCUT2D eigenvalue weighted by molar-refractivity contribution is 5.21. The first-order valence-corrected chi connectivity index (χ1v) is 5.55. The normalized spacial score (nSPS) is 14.7. The molecule has 1 aromatic heterocycles. The first-order chi connectivity index (χ1) is 7.17. The van der Waals surface area contributed by atoms with Gasteiger partial charge in [0.2, 0.25) is 0 Å². The molecule has 0 saturated carbocycles. The van der Waals surface area contributed by atoms with Crippen LogP contribution < -0.4 is 10.5 Å². The number of nitrogens with two attached hydrogens (primary N) is 1. The molecule has 2 unspecified atom stereocenters. The number of ether oxygens (including phenoxy) is 1. The lowest BCUT2D eigenvalue weighted by Crippen LogP contribution is -2.12. The smallest absolute Gasteiger partial charge is 0.138 e. The van der Waals surface area contributed by atoms with Gasteiger partial charge in [0.15, 0.2) is 0 Å². The minimum Gasteiger partial charge on any atom is -0.489 e. The molecule has 3 nitrogen and oxygen atoms in total. The summed E-state index contributed by atoms with van der Waals surface area (Å²) in [7, 11) is 0. The largest absolute Gasteiger partial charge is 0.489 e. The molecule has 3 heteroatoms. The Morgan fingerprint density at radius 3 is 2.53 bits per heavy atom. The molecule has 0 aliphatic rings. The fraction of sp³-hybridized carbons (Fsp3) is 0.583. The van der Waals surface area contributed by atoms with E-state index >= 15 is 0 Å². The minimum absolute atomic E-state index is 0.0302. The third-order valence-corrected chi connectivity index (χ3v) is 2.49. The van der Waals surface area contributed by atoms with Gasteiger partial charge in [0.05, 0.1) is 18.0 Å². The summed E-state index contributed by atoms with van der Waals surface area (Å²) in [6, 6.07) is 3.90. The van der Waals surface area contributed by atoms with Gasteiger partial charge in [-0.1, -0.05) is 13.8 Å². The van der Waals surface area contributed by atoms with Crippen molar-refractivity contribution in [2.45, 2.75) is 45.8 Å². The molecular weight excluding hydrogens is 188 g/mol. The predicted octanol–water partition coefficient (Wildman–Crippen LogP) is 2.67. The predicted molar refractivity (Wildman–Crippen MR) is 61.8 cm³/mol. The van der Waals surface area contributed by atoms with Crippen molar-refractivity contribution in [3.8, 4) is 5.75 Å². The average molecular weight is 208 g/mol. The van der Waals surface area contributed by atoms with E-state index in [0.717, 1.165) is 24.3 Å². The SMILES string of the molecule is CCC(C)Oc1ccc(C(N)CC)nc1. The monoisotopic (exact) mass is 208 g/mol. The third kappa shape index (κ3) is 3.51. The highest BCUT2D eigenvalue weighted by atomic mass is 16.5. The van der Waals surface area contributed by atoms with Crippen LogP contribution in [0.1, 0.15) is 45.3 Å². The molecule has 0 aliphatic heterocycles. The summed E-state index contributed by atoms with van der Waals surface area (Å²) in [5.74, 6) is 0.816. The van der Waals surface area contributed by atoms with Crippen molar-refractivity contribution in [3.63, 3.8) is 0 Å². The van der Waals surface area contributed by atoms with Gasteiger partial charge in [-0.05, 0) is 31.9 Å². The molecule has 2 N–H and O–H groups in total. The quantitative estimate of drug-likeness (QED) is 0.809. The molecule has 0 fully saturated rings. The number of rotatable bonds is 5. The third-order valence-electron chi connectivity index (χ3n) is 2.49. The van der Waals surface area contributed by atoms with Crippen LogP contribution in [-0.4, -0.2) is 11.1 Å². The van der Waals surface area contributed by atoms with Crippen molar-refractivity contribution in [1.82, 2.24) is 4.98 Å². The Morgan fingerprint density at radius 2 is 2.07 bits per heavy atom. The van der Waals surface area contributed by atoms with E-state index in [1.165, 1.54) is 0 Å². The maximum Gasteiger partial charge on any atom is 0.138 e. The van der Waals surface area contributed by atoms with Crippen molar-refractivity contribution < 1.29 is 4.74 Å². The first kappa shape index (κ1) is 12.0. The molecule has 2 atom stereocenters. The molecule has 0 spiro atoms. The topological polar surface area (TPSA) is 48.1 Å². The van der Waals surface area contributed by atoms with Gasteiger partial charge in [-0.3, -0.25) is 4.98 Å². The highest BCUT2D eigenvalue weighted by Gasteiger charge is 2.05. The van der Waals surface area contributed by atoms with Crippen LogP contribution in [-0.2, 0) is 0 Å². The van der Waals surface area contributed by atoms with Gasteiger partial charge in [-0.2, -0.15) is 0 Å². The standard InChI is InChI=1S/C12H20N2O/c1-4-9(3)15-10-6-7-12(14-8-10)11(13)5-2/h6-9,11H,4-5,13H2,1-3H3. The van der Waals surface area contributed by atoms with Crippen LogP contribution in [0.25, 0.3) is 0 Å². The van der Waals surface area contributed by atoms with Gasteiger partial charge in [0.25, 0.3) is 0 Å². The molecule has 0 amide bonds. The zero-order chi connectivity index (χ0) is 11.3. The Labute approximate surface area is 91.7 Å². The summed E-state index contributed by atoms with van der Waals surface area (Å²) in [4.78, 5) is 4.29. The van der Waals surface area contributed by atoms with Gasteiger partial charge < -0.3 is 10.5 Å². The summed E-state index contributed by atoms with van der Waals surface area (Å²) >= 11 is 0. The second-order valence-electron chi connectivity index (χ2n) is 3.77. The summed E-state index contributed by atoms with van der Waals surface area (Å²) in [6.07, 6.45) is 3.88. The summed E-state index contributed by atoms with van der Waals surface area (Å²) in [5.41, 5.74) is 6.79. The molecule has 84 valence electrons. The Kier molecular flexibility index (Phi) is 4.56. The number of nitrogens with zero attached hydrogens (tertiary/aromatic N) is 1. The van der Waals surface area contributed by atoms with E-state index in [9.17, 15) is 0 Å². The second-order valence-corrected chi connectivity index (χ2v) is 3.77. The van der Waals surface area contributed by atoms with E-state index in [2.05, 4.69) is 18.8 Å². The van der Waals surface area contributed by atoms with Gasteiger partial charge >= 0.3 is 0 Å². The lowest BCUT2D eigenvalue weighted by molar-refractivity contribution is 0.216. The molecule has 0 aliphatic carbocycles. The zero-order valence-electron chi connectivity index (χ0n) is 9.73. The van der Waals surface area contributed by atoms with Crippen LogP contribution in [0.5, 0.6) is 5.75 Å². The van der Waals surface area contributed by atoms with Crippen LogP contribution >= 0.6 is 0 Å². The molecule has 1 aromatic rings. The highest BCUT2D eigenvalue weighted by Crippen LogP contribution is 2.16. The van der Waals surface area contributed by atoms with Gasteiger partial charge in [-0.15, -0.1) is 0 Å². The molecule has 0 saturated heterocycles. The van der Waals surface area contributed by atoms with E-state index in [0.29, 0.717) is 0 Å². The van der Waals surface area contributed by atoms with E-state index in [4.69, 9.17) is 10.5 Å². The number of hydrogen-bond donors (Lipinski definition) is 1. The van der Waals surface area contributed by atoms with Crippen molar-refractivity contribution >= 4 is 0 Å². The first-order valence-electron chi connectivity index (χ1n) is 5.55. The Bertz CT molecular complexity index is 284. The van der Waals surface area contributed by atoms with Gasteiger partial charge in [0, 0.05) is 6.04 Å². The van der Waals surface area contributed by atoms with Crippen molar-refractivity contribution in [2.75, 3.05) is 0 Å². The maximum atomic E-state index is 5.87. The van der Waals surface area contributed by atoms with E-state index in [-0.39, 0.29) is 12.1 Å². The Hall–Kier alpha value is -1.09. The Morgan fingerprint density at radius 1 is 1.33 bits per heavy atom.